The summed E-state index contributed by atoms with van der Waals surface area (Å²) in [6.07, 6.45) is 1.87. The second-order valence-electron chi connectivity index (χ2n) is 5.22. The Morgan fingerprint density at radius 3 is 2.43 bits per heavy atom. The van der Waals surface area contributed by atoms with Gasteiger partial charge in [0.25, 0.3) is 0 Å². The Bertz CT molecular complexity index is 750. The molecule has 23 heavy (non-hydrogen) atoms. The summed E-state index contributed by atoms with van der Waals surface area (Å²) in [4.78, 5) is 11.9. The predicted octanol–water partition coefficient (Wildman–Crippen LogP) is 3.91. The summed E-state index contributed by atoms with van der Waals surface area (Å²) in [5.74, 6) is 0.106. The number of carbonyl (C=O) groups is 1. The predicted molar refractivity (Wildman–Crippen MR) is 109 cm³/mol. The third-order valence-corrected chi connectivity index (χ3v) is 5.02. The normalized spacial score (nSPS) is 11.0. The van der Waals surface area contributed by atoms with Crippen LogP contribution in [-0.2, 0) is 11.2 Å². The number of phenolic OH excluding ortho intramolecular Hbond substituents is 1. The van der Waals surface area contributed by atoms with E-state index in [0.717, 1.165) is 18.3 Å². The number of rotatable bonds is 4. The Balaban J connectivity index is 1.97. The first-order valence-corrected chi connectivity index (χ1v) is 9.08. The summed E-state index contributed by atoms with van der Waals surface area (Å²) in [5, 5.41) is 13.7. The number of hydrazone groups is 1. The van der Waals surface area contributed by atoms with E-state index in [4.69, 9.17) is 0 Å². The molecule has 1 amide bonds. The minimum atomic E-state index is -0.160. The first kappa shape index (κ1) is 18.2. The van der Waals surface area contributed by atoms with E-state index in [1.165, 1.54) is 11.1 Å². The third-order valence-electron chi connectivity index (χ3n) is 3.38. The molecule has 6 heteroatoms. The molecule has 0 aliphatic carbocycles. The van der Waals surface area contributed by atoms with Crippen molar-refractivity contribution in [2.75, 3.05) is 0 Å². The van der Waals surface area contributed by atoms with Gasteiger partial charge in [0, 0.05) is 0 Å². The SMILES string of the molecule is Cc1ccc(CC(=O)N/N=C\c2cc(I)c(O)c(I)c2)cc1C. The molecule has 0 aliphatic heterocycles. The highest BCUT2D eigenvalue weighted by atomic mass is 127. The van der Waals surface area contributed by atoms with E-state index in [1.807, 2.05) is 32.0 Å². The number of aromatic hydroxyl groups is 1. The molecule has 0 radical (unpaired) electrons. The van der Waals surface area contributed by atoms with Crippen LogP contribution in [0, 0.1) is 21.0 Å². The van der Waals surface area contributed by atoms with Crippen LogP contribution in [0.2, 0.25) is 0 Å². The Hall–Kier alpha value is -1.16. The molecule has 0 heterocycles. The molecule has 0 saturated carbocycles. The molecule has 0 unspecified atom stereocenters. The van der Waals surface area contributed by atoms with Crippen molar-refractivity contribution in [3.8, 4) is 5.75 Å². The van der Waals surface area contributed by atoms with E-state index in [0.29, 0.717) is 6.42 Å². The quantitative estimate of drug-likeness (QED) is 0.355. The van der Waals surface area contributed by atoms with Gasteiger partial charge in [0.05, 0.1) is 19.8 Å². The molecule has 0 spiro atoms. The minimum absolute atomic E-state index is 0.160. The zero-order valence-electron chi connectivity index (χ0n) is 12.7. The van der Waals surface area contributed by atoms with Gasteiger partial charge in [-0.25, -0.2) is 5.43 Å². The number of hydrogen-bond acceptors (Lipinski definition) is 3. The number of benzene rings is 2. The Morgan fingerprint density at radius 2 is 1.83 bits per heavy atom. The average Bonchev–Trinajstić information content (AvgIpc) is 2.48. The second-order valence-corrected chi connectivity index (χ2v) is 7.55. The highest BCUT2D eigenvalue weighted by molar-refractivity contribution is 14.1. The van der Waals surface area contributed by atoms with E-state index in [2.05, 4.69) is 55.7 Å². The van der Waals surface area contributed by atoms with E-state index in [9.17, 15) is 9.90 Å². The van der Waals surface area contributed by atoms with E-state index >= 15 is 0 Å². The summed E-state index contributed by atoms with van der Waals surface area (Å²) >= 11 is 4.12. The number of amides is 1. The summed E-state index contributed by atoms with van der Waals surface area (Å²) in [6, 6.07) is 9.59. The Kier molecular flexibility index (Phi) is 6.40. The fraction of sp³-hybridized carbons (Fsp3) is 0.176. The van der Waals surface area contributed by atoms with Crippen molar-refractivity contribution in [2.45, 2.75) is 20.3 Å². The van der Waals surface area contributed by atoms with Crippen molar-refractivity contribution in [2.24, 2.45) is 5.10 Å². The van der Waals surface area contributed by atoms with Gasteiger partial charge in [-0.2, -0.15) is 5.10 Å². The summed E-state index contributed by atoms with van der Waals surface area (Å²) in [7, 11) is 0. The number of aryl methyl sites for hydroxylation is 2. The Labute approximate surface area is 162 Å². The lowest BCUT2D eigenvalue weighted by molar-refractivity contribution is -0.120. The topological polar surface area (TPSA) is 61.7 Å². The van der Waals surface area contributed by atoms with Crippen LogP contribution < -0.4 is 5.43 Å². The van der Waals surface area contributed by atoms with Crippen LogP contribution in [-0.4, -0.2) is 17.2 Å². The van der Waals surface area contributed by atoms with Crippen LogP contribution in [0.4, 0.5) is 0 Å². The number of nitrogens with zero attached hydrogens (tertiary/aromatic N) is 1. The zero-order valence-corrected chi connectivity index (χ0v) is 17.0. The molecule has 0 aliphatic rings. The van der Waals surface area contributed by atoms with Gasteiger partial charge in [0.15, 0.2) is 0 Å². The maximum Gasteiger partial charge on any atom is 0.244 e. The molecule has 0 atom stereocenters. The van der Waals surface area contributed by atoms with E-state index in [1.54, 1.807) is 18.3 Å². The lowest BCUT2D eigenvalue weighted by Crippen LogP contribution is -2.19. The van der Waals surface area contributed by atoms with Crippen molar-refractivity contribution in [3.63, 3.8) is 0 Å². The molecule has 2 rings (SSSR count). The first-order valence-electron chi connectivity index (χ1n) is 6.93. The summed E-state index contributed by atoms with van der Waals surface area (Å²) < 4.78 is 1.50. The molecule has 0 saturated heterocycles. The highest BCUT2D eigenvalue weighted by Gasteiger charge is 2.05. The number of carbonyl (C=O) groups excluding carboxylic acids is 1. The number of halogens is 2. The molecular formula is C17H16I2N2O2. The molecule has 2 aromatic carbocycles. The molecule has 2 aromatic rings. The summed E-state index contributed by atoms with van der Waals surface area (Å²) in [5.41, 5.74) is 6.70. The van der Waals surface area contributed by atoms with Crippen LogP contribution in [0.5, 0.6) is 5.75 Å². The van der Waals surface area contributed by atoms with Crippen LogP contribution >= 0.6 is 45.2 Å². The second kappa shape index (κ2) is 8.09. The number of hydrogen-bond donors (Lipinski definition) is 2. The smallest absolute Gasteiger partial charge is 0.244 e. The van der Waals surface area contributed by atoms with Crippen molar-refractivity contribution >= 4 is 57.3 Å². The van der Waals surface area contributed by atoms with Crippen molar-refractivity contribution in [3.05, 3.63) is 59.7 Å². The Morgan fingerprint density at radius 1 is 1.17 bits per heavy atom. The fourth-order valence-corrected chi connectivity index (χ4v) is 3.79. The van der Waals surface area contributed by atoms with Crippen molar-refractivity contribution in [1.29, 1.82) is 0 Å². The zero-order chi connectivity index (χ0) is 17.0. The van der Waals surface area contributed by atoms with Gasteiger partial charge in [-0.05, 0) is 93.4 Å². The molecule has 0 fully saturated rings. The average molecular weight is 534 g/mol. The number of phenols is 1. The minimum Gasteiger partial charge on any atom is -0.506 e. The van der Waals surface area contributed by atoms with Crippen molar-refractivity contribution in [1.82, 2.24) is 5.43 Å². The maximum atomic E-state index is 11.9. The van der Waals surface area contributed by atoms with Gasteiger partial charge in [0.2, 0.25) is 5.91 Å². The highest BCUT2D eigenvalue weighted by Crippen LogP contribution is 2.26. The molecule has 0 bridgehead atoms. The standard InChI is InChI=1S/C17H16I2N2O2/c1-10-3-4-12(5-11(10)2)8-16(22)21-20-9-13-6-14(18)17(23)15(19)7-13/h3-7,9,23H,8H2,1-2H3,(H,21,22)/b20-9-. The lowest BCUT2D eigenvalue weighted by Gasteiger charge is -2.05. The molecule has 2 N–H and O–H groups in total. The van der Waals surface area contributed by atoms with E-state index in [-0.39, 0.29) is 11.7 Å². The number of nitrogens with one attached hydrogen (secondary N) is 1. The largest absolute Gasteiger partial charge is 0.506 e. The van der Waals surface area contributed by atoms with Gasteiger partial charge in [-0.15, -0.1) is 0 Å². The van der Waals surface area contributed by atoms with Crippen LogP contribution in [0.25, 0.3) is 0 Å². The van der Waals surface area contributed by atoms with Crippen molar-refractivity contribution < 1.29 is 9.90 Å². The molecular weight excluding hydrogens is 518 g/mol. The molecule has 4 nitrogen and oxygen atoms in total. The van der Waals surface area contributed by atoms with Crippen LogP contribution in [0.3, 0.4) is 0 Å². The molecule has 0 aromatic heterocycles. The van der Waals surface area contributed by atoms with Gasteiger partial charge >= 0.3 is 0 Å². The maximum absolute atomic E-state index is 11.9. The van der Waals surface area contributed by atoms with Gasteiger partial charge in [-0.3, -0.25) is 4.79 Å². The molecule has 120 valence electrons. The fourth-order valence-electron chi connectivity index (χ4n) is 1.98. The van der Waals surface area contributed by atoms with Gasteiger partial charge in [-0.1, -0.05) is 18.2 Å². The van der Waals surface area contributed by atoms with Gasteiger partial charge in [0.1, 0.15) is 5.75 Å². The van der Waals surface area contributed by atoms with E-state index < -0.39 is 0 Å². The first-order chi connectivity index (χ1) is 10.9. The monoisotopic (exact) mass is 534 g/mol. The summed E-state index contributed by atoms with van der Waals surface area (Å²) in [6.45, 7) is 4.08. The third kappa shape index (κ3) is 5.17. The van der Waals surface area contributed by atoms with Crippen LogP contribution in [0.1, 0.15) is 22.3 Å². The van der Waals surface area contributed by atoms with Gasteiger partial charge < -0.3 is 5.11 Å². The van der Waals surface area contributed by atoms with Crippen LogP contribution in [0.15, 0.2) is 35.4 Å². The lowest BCUT2D eigenvalue weighted by atomic mass is 10.0.